The zero-order valence-corrected chi connectivity index (χ0v) is 14.7. The number of rotatable bonds is 6. The molecule has 124 valence electrons. The van der Waals surface area contributed by atoms with E-state index in [0.717, 1.165) is 16.5 Å². The standard InChI is InChI=1S/C20H27NO2/c1-13(2)19(14(3)4)21-20(22)15(5)23-18-12-8-10-16-9-6-7-11-17(16)18/h6-15,19H,1-5H3,(H,21,22)/t15-/m0/s1. The minimum absolute atomic E-state index is 0.0645. The highest BCUT2D eigenvalue weighted by molar-refractivity contribution is 5.89. The molecule has 3 nitrogen and oxygen atoms in total. The molecule has 0 aromatic heterocycles. The van der Waals surface area contributed by atoms with Gasteiger partial charge in [-0.05, 0) is 30.2 Å². The van der Waals surface area contributed by atoms with E-state index in [1.165, 1.54) is 0 Å². The summed E-state index contributed by atoms with van der Waals surface area (Å²) in [5.74, 6) is 1.47. The fourth-order valence-corrected chi connectivity index (χ4v) is 2.93. The highest BCUT2D eigenvalue weighted by Gasteiger charge is 2.23. The number of carbonyl (C=O) groups excluding carboxylic acids is 1. The van der Waals surface area contributed by atoms with Gasteiger partial charge in [-0.25, -0.2) is 0 Å². The Morgan fingerprint density at radius 3 is 2.17 bits per heavy atom. The van der Waals surface area contributed by atoms with Crippen molar-refractivity contribution >= 4 is 16.7 Å². The van der Waals surface area contributed by atoms with Crippen molar-refractivity contribution in [2.24, 2.45) is 11.8 Å². The van der Waals surface area contributed by atoms with E-state index in [2.05, 4.69) is 33.0 Å². The van der Waals surface area contributed by atoms with E-state index in [0.29, 0.717) is 11.8 Å². The molecule has 1 atom stereocenters. The van der Waals surface area contributed by atoms with Crippen LogP contribution >= 0.6 is 0 Å². The van der Waals surface area contributed by atoms with E-state index in [9.17, 15) is 4.79 Å². The van der Waals surface area contributed by atoms with Gasteiger partial charge in [-0.3, -0.25) is 4.79 Å². The molecule has 0 saturated heterocycles. The summed E-state index contributed by atoms with van der Waals surface area (Å²) in [6.45, 7) is 10.3. The van der Waals surface area contributed by atoms with Crippen LogP contribution in [0.3, 0.4) is 0 Å². The first-order valence-corrected chi connectivity index (χ1v) is 8.35. The lowest BCUT2D eigenvalue weighted by atomic mass is 9.93. The molecule has 2 aromatic rings. The molecule has 1 N–H and O–H groups in total. The van der Waals surface area contributed by atoms with E-state index >= 15 is 0 Å². The molecule has 1 amide bonds. The van der Waals surface area contributed by atoms with Crippen LogP contribution in [0.4, 0.5) is 0 Å². The molecule has 0 fully saturated rings. The number of carbonyl (C=O) groups is 1. The highest BCUT2D eigenvalue weighted by atomic mass is 16.5. The lowest BCUT2D eigenvalue weighted by molar-refractivity contribution is -0.128. The van der Waals surface area contributed by atoms with Gasteiger partial charge in [0, 0.05) is 11.4 Å². The molecule has 2 aromatic carbocycles. The molecule has 2 rings (SSSR count). The minimum Gasteiger partial charge on any atom is -0.480 e. The first-order valence-electron chi connectivity index (χ1n) is 8.35. The van der Waals surface area contributed by atoms with Crippen molar-refractivity contribution in [2.75, 3.05) is 0 Å². The number of amides is 1. The third kappa shape index (κ3) is 4.25. The van der Waals surface area contributed by atoms with Gasteiger partial charge in [0.25, 0.3) is 5.91 Å². The third-order valence-electron chi connectivity index (χ3n) is 4.17. The Bertz CT molecular complexity index is 650. The smallest absolute Gasteiger partial charge is 0.261 e. The second-order valence-corrected chi connectivity index (χ2v) is 6.76. The molecule has 0 heterocycles. The lowest BCUT2D eigenvalue weighted by Crippen LogP contribution is -2.47. The molecule has 0 radical (unpaired) electrons. The van der Waals surface area contributed by atoms with Crippen molar-refractivity contribution in [3.63, 3.8) is 0 Å². The van der Waals surface area contributed by atoms with Gasteiger partial charge >= 0.3 is 0 Å². The first kappa shape index (κ1) is 17.3. The van der Waals surface area contributed by atoms with Crippen LogP contribution in [0.2, 0.25) is 0 Å². The molecule has 0 aliphatic rings. The summed E-state index contributed by atoms with van der Waals surface area (Å²) in [7, 11) is 0. The van der Waals surface area contributed by atoms with E-state index in [1.54, 1.807) is 6.92 Å². The predicted molar refractivity (Wildman–Crippen MR) is 95.6 cm³/mol. The molecular weight excluding hydrogens is 286 g/mol. The van der Waals surface area contributed by atoms with Gasteiger partial charge in [0.05, 0.1) is 0 Å². The average molecular weight is 313 g/mol. The van der Waals surface area contributed by atoms with E-state index in [1.807, 2.05) is 42.5 Å². The maximum absolute atomic E-state index is 12.5. The summed E-state index contributed by atoms with van der Waals surface area (Å²) in [5, 5.41) is 5.26. The summed E-state index contributed by atoms with van der Waals surface area (Å²) in [4.78, 5) is 12.5. The molecule has 3 heteroatoms. The molecular formula is C20H27NO2. The van der Waals surface area contributed by atoms with Gasteiger partial charge in [0.15, 0.2) is 6.10 Å². The van der Waals surface area contributed by atoms with Crippen molar-refractivity contribution in [3.8, 4) is 5.75 Å². The Labute approximate surface area is 139 Å². The largest absolute Gasteiger partial charge is 0.480 e. The van der Waals surface area contributed by atoms with Gasteiger partial charge < -0.3 is 10.1 Å². The quantitative estimate of drug-likeness (QED) is 0.858. The highest BCUT2D eigenvalue weighted by Crippen LogP contribution is 2.26. The number of hydrogen-bond acceptors (Lipinski definition) is 2. The topological polar surface area (TPSA) is 38.3 Å². The van der Waals surface area contributed by atoms with E-state index in [-0.39, 0.29) is 11.9 Å². The van der Waals surface area contributed by atoms with Crippen LogP contribution in [0.15, 0.2) is 42.5 Å². The number of ether oxygens (including phenoxy) is 1. The van der Waals surface area contributed by atoms with Crippen LogP contribution in [0, 0.1) is 11.8 Å². The minimum atomic E-state index is -0.527. The normalized spacial score (nSPS) is 12.9. The number of fused-ring (bicyclic) bond motifs is 1. The monoisotopic (exact) mass is 313 g/mol. The summed E-state index contributed by atoms with van der Waals surface area (Å²) < 4.78 is 5.94. The van der Waals surface area contributed by atoms with Gasteiger partial charge in [-0.1, -0.05) is 64.1 Å². The lowest BCUT2D eigenvalue weighted by Gasteiger charge is -2.27. The SMILES string of the molecule is CC(C)C(NC(=O)[C@H](C)Oc1cccc2ccccc12)C(C)C. The molecule has 0 bridgehead atoms. The third-order valence-corrected chi connectivity index (χ3v) is 4.17. The maximum atomic E-state index is 12.5. The Hall–Kier alpha value is -2.03. The van der Waals surface area contributed by atoms with Gasteiger partial charge in [-0.2, -0.15) is 0 Å². The Morgan fingerprint density at radius 1 is 0.913 bits per heavy atom. The second-order valence-electron chi connectivity index (χ2n) is 6.76. The van der Waals surface area contributed by atoms with Crippen LogP contribution in [0.5, 0.6) is 5.75 Å². The molecule has 0 unspecified atom stereocenters. The molecule has 0 aliphatic heterocycles. The summed E-state index contributed by atoms with van der Waals surface area (Å²) in [6, 6.07) is 14.1. The number of nitrogens with one attached hydrogen (secondary N) is 1. The van der Waals surface area contributed by atoms with Crippen LogP contribution in [-0.4, -0.2) is 18.1 Å². The Balaban J connectivity index is 2.11. The zero-order valence-electron chi connectivity index (χ0n) is 14.7. The predicted octanol–water partition coefficient (Wildman–Crippen LogP) is 4.40. The Morgan fingerprint density at radius 2 is 1.52 bits per heavy atom. The van der Waals surface area contributed by atoms with E-state index < -0.39 is 6.10 Å². The summed E-state index contributed by atoms with van der Waals surface area (Å²) in [6.07, 6.45) is -0.527. The fraction of sp³-hybridized carbons (Fsp3) is 0.450. The fourth-order valence-electron chi connectivity index (χ4n) is 2.93. The van der Waals surface area contributed by atoms with Crippen molar-refractivity contribution in [1.29, 1.82) is 0 Å². The second kappa shape index (κ2) is 7.49. The zero-order chi connectivity index (χ0) is 17.0. The van der Waals surface area contributed by atoms with Crippen LogP contribution in [0.1, 0.15) is 34.6 Å². The average Bonchev–Trinajstić information content (AvgIpc) is 2.52. The van der Waals surface area contributed by atoms with Crippen molar-refractivity contribution in [2.45, 2.75) is 46.8 Å². The van der Waals surface area contributed by atoms with Crippen molar-refractivity contribution in [3.05, 3.63) is 42.5 Å². The van der Waals surface area contributed by atoms with Gasteiger partial charge in [-0.15, -0.1) is 0 Å². The molecule has 23 heavy (non-hydrogen) atoms. The van der Waals surface area contributed by atoms with Crippen LogP contribution in [0.25, 0.3) is 10.8 Å². The molecule has 0 spiro atoms. The van der Waals surface area contributed by atoms with Gasteiger partial charge in [0.1, 0.15) is 5.75 Å². The van der Waals surface area contributed by atoms with Crippen molar-refractivity contribution in [1.82, 2.24) is 5.32 Å². The summed E-state index contributed by atoms with van der Waals surface area (Å²) >= 11 is 0. The summed E-state index contributed by atoms with van der Waals surface area (Å²) in [5.41, 5.74) is 0. The van der Waals surface area contributed by atoms with Gasteiger partial charge in [0.2, 0.25) is 0 Å². The number of benzene rings is 2. The Kier molecular flexibility index (Phi) is 5.64. The van der Waals surface area contributed by atoms with Crippen molar-refractivity contribution < 1.29 is 9.53 Å². The molecule has 0 aliphatic carbocycles. The molecule has 0 saturated carbocycles. The maximum Gasteiger partial charge on any atom is 0.261 e. The van der Waals surface area contributed by atoms with Crippen LogP contribution < -0.4 is 10.1 Å². The van der Waals surface area contributed by atoms with E-state index in [4.69, 9.17) is 4.74 Å². The number of hydrogen-bond donors (Lipinski definition) is 1. The first-order chi connectivity index (χ1) is 10.9. The van der Waals surface area contributed by atoms with Crippen LogP contribution in [-0.2, 0) is 4.79 Å².